The number of rotatable bonds is 3. The Morgan fingerprint density at radius 3 is 2.66 bits per heavy atom. The van der Waals surface area contributed by atoms with E-state index >= 15 is 0 Å². The molecule has 3 aliphatic heterocycles. The van der Waals surface area contributed by atoms with Crippen LogP contribution in [0.4, 0.5) is 0 Å². The highest BCUT2D eigenvalue weighted by molar-refractivity contribution is 6.31. The summed E-state index contributed by atoms with van der Waals surface area (Å²) >= 11 is 6.14. The van der Waals surface area contributed by atoms with E-state index in [0.29, 0.717) is 35.8 Å². The predicted octanol–water partition coefficient (Wildman–Crippen LogP) is 4.30. The Bertz CT molecular complexity index is 1510. The van der Waals surface area contributed by atoms with E-state index < -0.39 is 11.9 Å². The van der Waals surface area contributed by atoms with Gasteiger partial charge in [-0.25, -0.2) is 0 Å². The van der Waals surface area contributed by atoms with Crippen LogP contribution in [0.3, 0.4) is 0 Å². The van der Waals surface area contributed by atoms with Crippen LogP contribution in [0.5, 0.6) is 0 Å². The lowest BCUT2D eigenvalue weighted by Crippen LogP contribution is -2.52. The van der Waals surface area contributed by atoms with Crippen LogP contribution >= 0.6 is 11.6 Å². The summed E-state index contributed by atoms with van der Waals surface area (Å²) in [5.41, 5.74) is 5.08. The molecule has 196 valence electrons. The van der Waals surface area contributed by atoms with Gasteiger partial charge in [-0.2, -0.15) is 0 Å². The van der Waals surface area contributed by atoms with Gasteiger partial charge in [-0.15, -0.1) is 0 Å². The molecule has 1 aromatic heterocycles. The van der Waals surface area contributed by atoms with Gasteiger partial charge in [0.15, 0.2) is 0 Å². The summed E-state index contributed by atoms with van der Waals surface area (Å²) in [5, 5.41) is 3.98. The van der Waals surface area contributed by atoms with E-state index in [0.717, 1.165) is 40.4 Å². The van der Waals surface area contributed by atoms with E-state index in [2.05, 4.69) is 23.3 Å². The second-order valence-electron chi connectivity index (χ2n) is 10.7. The second kappa shape index (κ2) is 9.27. The number of nitrogens with one attached hydrogen (secondary N) is 2. The molecule has 3 unspecified atom stereocenters. The monoisotopic (exact) mass is 532 g/mol. The summed E-state index contributed by atoms with van der Waals surface area (Å²) in [7, 11) is 0. The van der Waals surface area contributed by atoms with Gasteiger partial charge >= 0.3 is 0 Å². The Hall–Kier alpha value is -3.65. The largest absolute Gasteiger partial charge is 0.350 e. The molecule has 2 aromatic carbocycles. The summed E-state index contributed by atoms with van der Waals surface area (Å²) in [6.45, 7) is 5.05. The van der Waals surface area contributed by atoms with Crippen molar-refractivity contribution in [1.82, 2.24) is 20.1 Å². The number of piperidine rings is 2. The van der Waals surface area contributed by atoms with Gasteiger partial charge in [-0.1, -0.05) is 29.8 Å². The molecule has 2 N–H and O–H groups in total. The van der Waals surface area contributed by atoms with Crippen molar-refractivity contribution in [3.05, 3.63) is 69.4 Å². The third-order valence-electron chi connectivity index (χ3n) is 8.39. The van der Waals surface area contributed by atoms with Gasteiger partial charge in [0.1, 0.15) is 11.7 Å². The highest BCUT2D eigenvalue weighted by atomic mass is 35.5. The first-order valence-corrected chi connectivity index (χ1v) is 13.5. The Labute approximate surface area is 225 Å². The predicted molar refractivity (Wildman–Crippen MR) is 143 cm³/mol. The standard InChI is InChI=1S/C29H29ClN4O4/c1-15-11-18(9-10-33(15)29(38)26-16(2)21-6-4-20(30)13-23(21)31-26)17-3-5-22-19(12-17)14-34(28(22)37)24-7-8-25(35)32-27(24)36/h3-6,12-13,15,18,24,31H,7-11,14H2,1-2H3,(H,32,35,36). The van der Waals surface area contributed by atoms with E-state index in [9.17, 15) is 19.2 Å². The molecule has 0 bridgehead atoms. The van der Waals surface area contributed by atoms with E-state index in [1.54, 1.807) is 4.90 Å². The highest BCUT2D eigenvalue weighted by Crippen LogP contribution is 2.36. The number of carbonyl (C=O) groups is 4. The minimum absolute atomic E-state index is 0.000189. The second-order valence-corrected chi connectivity index (χ2v) is 11.1. The van der Waals surface area contributed by atoms with E-state index in [4.69, 9.17) is 11.6 Å². The van der Waals surface area contributed by atoms with Crippen LogP contribution in [0.2, 0.25) is 5.02 Å². The SMILES string of the molecule is Cc1c(C(=O)N2CCC(c3ccc4c(c3)CN(C3CCC(=O)NC3=O)C4=O)CC2C)[nH]c2cc(Cl)ccc12. The molecule has 3 aromatic rings. The number of amides is 4. The molecule has 3 aliphatic rings. The van der Waals surface area contributed by atoms with Gasteiger partial charge in [0.2, 0.25) is 11.8 Å². The average molecular weight is 533 g/mol. The van der Waals surface area contributed by atoms with E-state index in [-0.39, 0.29) is 36.1 Å². The molecule has 4 amide bonds. The maximum Gasteiger partial charge on any atom is 0.270 e. The molecule has 2 saturated heterocycles. The average Bonchev–Trinajstić information content (AvgIpc) is 3.39. The van der Waals surface area contributed by atoms with Gasteiger partial charge in [0, 0.05) is 47.0 Å². The minimum Gasteiger partial charge on any atom is -0.350 e. The molecular weight excluding hydrogens is 504 g/mol. The number of fused-ring (bicyclic) bond motifs is 2. The first-order chi connectivity index (χ1) is 18.2. The van der Waals surface area contributed by atoms with Crippen molar-refractivity contribution in [2.45, 2.75) is 64.1 Å². The van der Waals surface area contributed by atoms with Crippen molar-refractivity contribution < 1.29 is 19.2 Å². The van der Waals surface area contributed by atoms with Crippen molar-refractivity contribution in [1.29, 1.82) is 0 Å². The van der Waals surface area contributed by atoms with E-state index in [1.807, 2.05) is 42.2 Å². The Morgan fingerprint density at radius 2 is 1.89 bits per heavy atom. The Balaban J connectivity index is 1.16. The molecule has 0 aliphatic carbocycles. The van der Waals surface area contributed by atoms with Crippen LogP contribution < -0.4 is 5.32 Å². The normalized spacial score (nSPS) is 23.7. The van der Waals surface area contributed by atoms with Crippen LogP contribution in [0.1, 0.15) is 76.1 Å². The lowest BCUT2D eigenvalue weighted by Gasteiger charge is -2.38. The smallest absolute Gasteiger partial charge is 0.270 e. The maximum absolute atomic E-state index is 13.5. The molecule has 8 nitrogen and oxygen atoms in total. The van der Waals surface area contributed by atoms with Crippen molar-refractivity contribution >= 4 is 46.1 Å². The summed E-state index contributed by atoms with van der Waals surface area (Å²) in [6, 6.07) is 11.0. The van der Waals surface area contributed by atoms with Gasteiger partial charge in [0.25, 0.3) is 11.8 Å². The number of halogens is 1. The molecule has 0 spiro atoms. The molecule has 0 radical (unpaired) electrons. The lowest BCUT2D eigenvalue weighted by molar-refractivity contribution is -0.136. The van der Waals surface area contributed by atoms with Gasteiger partial charge in [-0.05, 0) is 73.9 Å². The first-order valence-electron chi connectivity index (χ1n) is 13.1. The molecule has 9 heteroatoms. The summed E-state index contributed by atoms with van der Waals surface area (Å²) in [6.07, 6.45) is 2.23. The number of hydrogen-bond acceptors (Lipinski definition) is 4. The number of imide groups is 1. The van der Waals surface area contributed by atoms with Crippen LogP contribution in [0.15, 0.2) is 36.4 Å². The molecular formula is C29H29ClN4O4. The number of likely N-dealkylation sites (tertiary alicyclic amines) is 1. The van der Waals surface area contributed by atoms with Crippen LogP contribution in [-0.2, 0) is 16.1 Å². The first kappa shape index (κ1) is 24.7. The fraction of sp³-hybridized carbons (Fsp3) is 0.379. The Morgan fingerprint density at radius 1 is 1.08 bits per heavy atom. The summed E-state index contributed by atoms with van der Waals surface area (Å²) < 4.78 is 0. The van der Waals surface area contributed by atoms with Crippen LogP contribution in [0, 0.1) is 6.92 Å². The summed E-state index contributed by atoms with van der Waals surface area (Å²) in [4.78, 5) is 57.2. The number of hydrogen-bond donors (Lipinski definition) is 2. The molecule has 38 heavy (non-hydrogen) atoms. The van der Waals surface area contributed by atoms with Crippen LogP contribution in [-0.4, -0.2) is 57.0 Å². The van der Waals surface area contributed by atoms with Gasteiger partial charge < -0.3 is 14.8 Å². The van der Waals surface area contributed by atoms with Gasteiger partial charge in [-0.3, -0.25) is 24.5 Å². The van der Waals surface area contributed by atoms with Crippen molar-refractivity contribution in [2.75, 3.05) is 6.54 Å². The van der Waals surface area contributed by atoms with Crippen molar-refractivity contribution in [3.63, 3.8) is 0 Å². The maximum atomic E-state index is 13.5. The lowest BCUT2D eigenvalue weighted by atomic mass is 9.84. The quantitative estimate of drug-likeness (QED) is 0.491. The number of carbonyl (C=O) groups excluding carboxylic acids is 4. The Kier molecular flexibility index (Phi) is 6.02. The molecule has 4 heterocycles. The zero-order valence-corrected chi connectivity index (χ0v) is 22.1. The molecule has 3 atom stereocenters. The topological polar surface area (TPSA) is 103 Å². The number of H-pyrrole nitrogens is 1. The third-order valence-corrected chi connectivity index (χ3v) is 8.63. The molecule has 0 saturated carbocycles. The van der Waals surface area contributed by atoms with Crippen molar-refractivity contribution in [2.24, 2.45) is 0 Å². The number of nitrogens with zero attached hydrogens (tertiary/aromatic N) is 2. The number of benzene rings is 2. The molecule has 2 fully saturated rings. The fourth-order valence-corrected chi connectivity index (χ4v) is 6.46. The molecule has 6 rings (SSSR count). The zero-order valence-electron chi connectivity index (χ0n) is 21.3. The van der Waals surface area contributed by atoms with E-state index in [1.165, 1.54) is 0 Å². The summed E-state index contributed by atoms with van der Waals surface area (Å²) in [5.74, 6) is -0.589. The number of aromatic nitrogens is 1. The highest BCUT2D eigenvalue weighted by Gasteiger charge is 2.39. The van der Waals surface area contributed by atoms with Crippen LogP contribution in [0.25, 0.3) is 10.9 Å². The van der Waals surface area contributed by atoms with Crippen molar-refractivity contribution in [3.8, 4) is 0 Å². The third kappa shape index (κ3) is 4.07. The number of aryl methyl sites for hydroxylation is 1. The zero-order chi connectivity index (χ0) is 26.7. The number of aromatic amines is 1. The fourth-order valence-electron chi connectivity index (χ4n) is 6.29. The minimum atomic E-state index is -0.616. The van der Waals surface area contributed by atoms with Gasteiger partial charge in [0.05, 0.1) is 0 Å².